The fraction of sp³-hybridized carbons (Fsp3) is 0.273. The Morgan fingerprint density at radius 1 is 1.10 bits per heavy atom. The van der Waals surface area contributed by atoms with Crippen LogP contribution in [0, 0.1) is 0 Å². The molecule has 0 bridgehead atoms. The number of nitrogens with one attached hydrogen (secondary N) is 1. The minimum absolute atomic E-state index is 0.0342. The topological polar surface area (TPSA) is 67.9 Å². The van der Waals surface area contributed by atoms with Gasteiger partial charge in [0.05, 0.1) is 34.0 Å². The largest absolute Gasteiger partial charge is 0.487 e. The van der Waals surface area contributed by atoms with Gasteiger partial charge in [0.15, 0.2) is 0 Å². The zero-order valence-electron chi connectivity index (χ0n) is 17.0. The number of esters is 1. The Kier molecular flexibility index (Phi) is 7.70. The lowest BCUT2D eigenvalue weighted by atomic mass is 9.94. The highest BCUT2D eigenvalue weighted by Crippen LogP contribution is 2.34. The van der Waals surface area contributed by atoms with E-state index in [-0.39, 0.29) is 24.8 Å². The molecule has 1 aliphatic heterocycles. The normalized spacial score (nSPS) is 16.2. The average Bonchev–Trinajstić information content (AvgIpc) is 2.74. The molecule has 0 aromatic heterocycles. The number of benzene rings is 2. The summed E-state index contributed by atoms with van der Waals surface area (Å²) in [6, 6.07) is 10.7. The SMILES string of the molecule is CCOC(=O)C1=C(COc2cccc(Cl)c2)N(CC)C(=O)NC1c1ccc(Cl)c(Cl)c1. The van der Waals surface area contributed by atoms with E-state index in [0.29, 0.717) is 38.6 Å². The molecule has 0 saturated carbocycles. The number of halogens is 3. The Morgan fingerprint density at radius 2 is 1.87 bits per heavy atom. The molecule has 9 heteroatoms. The first-order valence-electron chi connectivity index (χ1n) is 9.67. The van der Waals surface area contributed by atoms with E-state index in [2.05, 4.69) is 5.32 Å². The number of likely N-dealkylation sites (N-methyl/N-ethyl adjacent to an activating group) is 1. The van der Waals surface area contributed by atoms with Crippen molar-refractivity contribution in [2.24, 2.45) is 0 Å². The van der Waals surface area contributed by atoms with Crippen molar-refractivity contribution in [2.75, 3.05) is 19.8 Å². The molecule has 2 amide bonds. The van der Waals surface area contributed by atoms with Gasteiger partial charge in [0.2, 0.25) is 0 Å². The van der Waals surface area contributed by atoms with E-state index in [9.17, 15) is 9.59 Å². The summed E-state index contributed by atoms with van der Waals surface area (Å²) in [7, 11) is 0. The average molecular weight is 484 g/mol. The summed E-state index contributed by atoms with van der Waals surface area (Å²) in [5.41, 5.74) is 1.27. The Hall–Kier alpha value is -2.41. The Balaban J connectivity index is 2.08. The van der Waals surface area contributed by atoms with E-state index >= 15 is 0 Å². The van der Waals surface area contributed by atoms with E-state index in [0.717, 1.165) is 0 Å². The van der Waals surface area contributed by atoms with Gasteiger partial charge in [-0.15, -0.1) is 0 Å². The van der Waals surface area contributed by atoms with Gasteiger partial charge >= 0.3 is 12.0 Å². The van der Waals surface area contributed by atoms with E-state index < -0.39 is 12.0 Å². The van der Waals surface area contributed by atoms with Crippen LogP contribution in [0.15, 0.2) is 53.7 Å². The highest BCUT2D eigenvalue weighted by Gasteiger charge is 2.38. The van der Waals surface area contributed by atoms with Gasteiger partial charge in [-0.25, -0.2) is 9.59 Å². The van der Waals surface area contributed by atoms with Crippen LogP contribution in [0.3, 0.4) is 0 Å². The molecule has 0 aliphatic carbocycles. The van der Waals surface area contributed by atoms with Gasteiger partial charge in [-0.05, 0) is 49.7 Å². The van der Waals surface area contributed by atoms with Crippen LogP contribution in [0.25, 0.3) is 0 Å². The molecule has 0 spiro atoms. The van der Waals surface area contributed by atoms with Crippen LogP contribution in [0.4, 0.5) is 4.79 Å². The van der Waals surface area contributed by atoms with Crippen LogP contribution in [0.5, 0.6) is 5.75 Å². The molecule has 6 nitrogen and oxygen atoms in total. The standard InChI is InChI=1S/C22H21Cl3N2O4/c1-3-27-18(12-31-15-7-5-6-14(23)11-15)19(21(28)30-4-2)20(26-22(27)29)13-8-9-16(24)17(25)10-13/h5-11,20H,3-4,12H2,1-2H3,(H,26,29). The molecule has 31 heavy (non-hydrogen) atoms. The lowest BCUT2D eigenvalue weighted by Gasteiger charge is -2.36. The second-order valence-corrected chi connectivity index (χ2v) is 7.88. The molecule has 0 fully saturated rings. The molecule has 1 aliphatic rings. The number of rotatable bonds is 7. The van der Waals surface area contributed by atoms with Crippen molar-refractivity contribution in [1.82, 2.24) is 10.2 Å². The third-order valence-corrected chi connectivity index (χ3v) is 5.67. The number of hydrogen-bond acceptors (Lipinski definition) is 4. The molecule has 2 aromatic rings. The quantitative estimate of drug-likeness (QED) is 0.518. The predicted octanol–water partition coefficient (Wildman–Crippen LogP) is 5.63. The smallest absolute Gasteiger partial charge is 0.338 e. The summed E-state index contributed by atoms with van der Waals surface area (Å²) in [5.74, 6) is -0.0435. The van der Waals surface area contributed by atoms with Crippen LogP contribution < -0.4 is 10.1 Å². The summed E-state index contributed by atoms with van der Waals surface area (Å²) < 4.78 is 11.2. The maximum absolute atomic E-state index is 13.0. The maximum Gasteiger partial charge on any atom is 0.338 e. The van der Waals surface area contributed by atoms with E-state index in [1.807, 2.05) is 0 Å². The molecule has 0 radical (unpaired) electrons. The van der Waals surface area contributed by atoms with Crippen molar-refractivity contribution in [1.29, 1.82) is 0 Å². The third-order valence-electron chi connectivity index (χ3n) is 4.70. The van der Waals surface area contributed by atoms with Crippen molar-refractivity contribution in [3.8, 4) is 5.75 Å². The van der Waals surface area contributed by atoms with E-state index in [4.69, 9.17) is 44.3 Å². The van der Waals surface area contributed by atoms with Crippen molar-refractivity contribution in [3.63, 3.8) is 0 Å². The monoisotopic (exact) mass is 482 g/mol. The van der Waals surface area contributed by atoms with Crippen molar-refractivity contribution in [2.45, 2.75) is 19.9 Å². The molecule has 1 unspecified atom stereocenters. The zero-order chi connectivity index (χ0) is 22.5. The first-order chi connectivity index (χ1) is 14.8. The van der Waals surface area contributed by atoms with Crippen LogP contribution in [-0.2, 0) is 9.53 Å². The Bertz CT molecular complexity index is 1030. The van der Waals surface area contributed by atoms with Gasteiger partial charge in [-0.2, -0.15) is 0 Å². The van der Waals surface area contributed by atoms with Crippen molar-refractivity contribution >= 4 is 46.8 Å². The summed E-state index contributed by atoms with van der Waals surface area (Å²) in [4.78, 5) is 27.3. The first-order valence-corrected chi connectivity index (χ1v) is 10.8. The molecule has 1 atom stereocenters. The Labute approximate surface area is 195 Å². The number of ether oxygens (including phenoxy) is 2. The van der Waals surface area contributed by atoms with Crippen LogP contribution in [0.1, 0.15) is 25.5 Å². The van der Waals surface area contributed by atoms with Gasteiger partial charge in [-0.3, -0.25) is 4.90 Å². The summed E-state index contributed by atoms with van der Waals surface area (Å²) in [5, 5.41) is 4.05. The molecular weight excluding hydrogens is 463 g/mol. The molecule has 2 aromatic carbocycles. The molecule has 3 rings (SSSR count). The van der Waals surface area contributed by atoms with Gasteiger partial charge in [0.1, 0.15) is 12.4 Å². The lowest BCUT2D eigenvalue weighted by molar-refractivity contribution is -0.139. The number of hydrogen-bond donors (Lipinski definition) is 1. The van der Waals surface area contributed by atoms with E-state index in [1.54, 1.807) is 56.3 Å². The fourth-order valence-corrected chi connectivity index (χ4v) is 3.78. The van der Waals surface area contributed by atoms with Gasteiger partial charge in [0.25, 0.3) is 0 Å². The van der Waals surface area contributed by atoms with Crippen molar-refractivity contribution < 1.29 is 19.1 Å². The second kappa shape index (κ2) is 10.3. The summed E-state index contributed by atoms with van der Waals surface area (Å²) in [6.45, 7) is 4.00. The van der Waals surface area contributed by atoms with Crippen LogP contribution >= 0.6 is 34.8 Å². The lowest BCUT2D eigenvalue weighted by Crippen LogP contribution is -2.49. The highest BCUT2D eigenvalue weighted by atomic mass is 35.5. The van der Waals surface area contributed by atoms with Crippen molar-refractivity contribution in [3.05, 3.63) is 74.4 Å². The molecule has 1 N–H and O–H groups in total. The molecular formula is C22H21Cl3N2O4. The van der Waals surface area contributed by atoms with E-state index in [1.165, 1.54) is 4.90 Å². The highest BCUT2D eigenvalue weighted by molar-refractivity contribution is 6.42. The maximum atomic E-state index is 13.0. The number of carbonyl (C=O) groups is 2. The zero-order valence-corrected chi connectivity index (χ0v) is 19.2. The third kappa shape index (κ3) is 5.26. The fourth-order valence-electron chi connectivity index (χ4n) is 3.29. The number of nitrogens with zero attached hydrogens (tertiary/aromatic N) is 1. The van der Waals surface area contributed by atoms with Crippen LogP contribution in [-0.4, -0.2) is 36.7 Å². The molecule has 164 valence electrons. The number of urea groups is 1. The number of carbonyl (C=O) groups excluding carboxylic acids is 2. The van der Waals surface area contributed by atoms with Gasteiger partial charge < -0.3 is 14.8 Å². The van der Waals surface area contributed by atoms with Crippen LogP contribution in [0.2, 0.25) is 15.1 Å². The summed E-state index contributed by atoms with van der Waals surface area (Å²) >= 11 is 18.3. The second-order valence-electron chi connectivity index (χ2n) is 6.63. The van der Waals surface area contributed by atoms with Gasteiger partial charge in [-0.1, -0.05) is 46.9 Å². The Morgan fingerprint density at radius 3 is 2.52 bits per heavy atom. The first kappa shape index (κ1) is 23.3. The number of amides is 2. The minimum atomic E-state index is -0.776. The van der Waals surface area contributed by atoms with Gasteiger partial charge in [0, 0.05) is 11.6 Å². The summed E-state index contributed by atoms with van der Waals surface area (Å²) in [6.07, 6.45) is 0. The molecule has 1 heterocycles. The minimum Gasteiger partial charge on any atom is -0.487 e. The predicted molar refractivity (Wildman–Crippen MR) is 121 cm³/mol. The molecule has 0 saturated heterocycles.